The van der Waals surface area contributed by atoms with Gasteiger partial charge in [0.25, 0.3) is 0 Å². The summed E-state index contributed by atoms with van der Waals surface area (Å²) in [4.78, 5) is 5.04. The van der Waals surface area contributed by atoms with Crippen molar-refractivity contribution in [2.24, 2.45) is 10.7 Å². The van der Waals surface area contributed by atoms with Crippen molar-refractivity contribution in [1.29, 1.82) is 0 Å². The summed E-state index contributed by atoms with van der Waals surface area (Å²) in [6.45, 7) is 0.546. The van der Waals surface area contributed by atoms with E-state index in [1.807, 2.05) is 72.8 Å². The zero-order valence-electron chi connectivity index (χ0n) is 23.9. The number of hydrogen-bond donors (Lipinski definition) is 1. The smallest absolute Gasteiger partial charge is 0.139 e. The Morgan fingerprint density at radius 2 is 1.11 bits per heavy atom. The highest BCUT2D eigenvalue weighted by Gasteiger charge is 2.15. The van der Waals surface area contributed by atoms with E-state index in [1.165, 1.54) is 5.56 Å². The van der Waals surface area contributed by atoms with Gasteiger partial charge in [0.2, 0.25) is 0 Å². The molecule has 0 saturated carbocycles. The highest BCUT2D eigenvalue weighted by Crippen LogP contribution is 2.38. The van der Waals surface area contributed by atoms with Gasteiger partial charge < -0.3 is 14.6 Å². The van der Waals surface area contributed by atoms with Crippen LogP contribution in [0, 0.1) is 0 Å². The molecule has 4 nitrogen and oxygen atoms in total. The van der Waals surface area contributed by atoms with Crippen molar-refractivity contribution < 1.29 is 8.83 Å². The summed E-state index contributed by atoms with van der Waals surface area (Å²) in [7, 11) is 0. The van der Waals surface area contributed by atoms with E-state index in [2.05, 4.69) is 72.8 Å². The minimum absolute atomic E-state index is 0.546. The van der Waals surface area contributed by atoms with E-state index in [0.717, 1.165) is 71.8 Å². The van der Waals surface area contributed by atoms with Crippen LogP contribution in [0.4, 0.5) is 0 Å². The van der Waals surface area contributed by atoms with Gasteiger partial charge in [-0.2, -0.15) is 0 Å². The highest BCUT2D eigenvalue weighted by atomic mass is 16.3. The lowest BCUT2D eigenvalue weighted by Crippen LogP contribution is -2.04. The van der Waals surface area contributed by atoms with Crippen LogP contribution in [0.2, 0.25) is 0 Å². The fourth-order valence-electron chi connectivity index (χ4n) is 5.86. The summed E-state index contributed by atoms with van der Waals surface area (Å²) in [6, 6.07) is 47.4. The van der Waals surface area contributed by atoms with Crippen LogP contribution in [0.25, 0.3) is 60.7 Å². The molecular formula is C40H28N2O2. The number of aliphatic imine (C=N–C) groups is 1. The largest absolute Gasteiger partial charge is 0.456 e. The van der Waals surface area contributed by atoms with Gasteiger partial charge in [-0.15, -0.1) is 0 Å². The summed E-state index contributed by atoms with van der Waals surface area (Å²) < 4.78 is 12.6. The summed E-state index contributed by atoms with van der Waals surface area (Å²) in [5.41, 5.74) is 16.7. The van der Waals surface area contributed by atoms with Crippen molar-refractivity contribution in [3.63, 3.8) is 0 Å². The second-order valence-electron chi connectivity index (χ2n) is 11.0. The first kappa shape index (κ1) is 25.8. The standard InChI is InChI=1S/C40H28N2O2/c41-35(28-14-8-3-9-15-28)23-36(42-25-26-10-4-1-5-11-26)30-17-19-38-32(21-30)34-22-33-31-20-29(27-12-6-2-7-13-27)16-18-37(31)43-39(33)24-40(34)44-38/h1-24H,25,41H2/b35-23-,42-36?. The molecule has 0 fully saturated rings. The van der Waals surface area contributed by atoms with Crippen LogP contribution in [-0.2, 0) is 6.54 Å². The number of fused-ring (bicyclic) bond motifs is 6. The molecule has 0 radical (unpaired) electrons. The van der Waals surface area contributed by atoms with Crippen molar-refractivity contribution in [3.05, 3.63) is 162 Å². The van der Waals surface area contributed by atoms with Crippen LogP contribution in [0.5, 0.6) is 0 Å². The van der Waals surface area contributed by atoms with Gasteiger partial charge in [-0.05, 0) is 64.7 Å². The lowest BCUT2D eigenvalue weighted by atomic mass is 10.0. The maximum absolute atomic E-state index is 6.59. The second-order valence-corrected chi connectivity index (χ2v) is 11.0. The van der Waals surface area contributed by atoms with Gasteiger partial charge >= 0.3 is 0 Å². The quantitative estimate of drug-likeness (QED) is 0.203. The lowest BCUT2D eigenvalue weighted by molar-refractivity contribution is 0.656. The number of nitrogens with two attached hydrogens (primary N) is 1. The zero-order chi connectivity index (χ0) is 29.5. The van der Waals surface area contributed by atoms with Crippen LogP contribution in [-0.4, -0.2) is 5.71 Å². The summed E-state index contributed by atoms with van der Waals surface area (Å²) in [6.07, 6.45) is 1.97. The molecule has 0 saturated heterocycles. The molecule has 0 atom stereocenters. The molecule has 8 aromatic rings. The van der Waals surface area contributed by atoms with Crippen LogP contribution >= 0.6 is 0 Å². The number of allylic oxidation sites excluding steroid dienone is 1. The second kappa shape index (κ2) is 10.8. The predicted molar refractivity (Wildman–Crippen MR) is 182 cm³/mol. The van der Waals surface area contributed by atoms with Gasteiger partial charge in [-0.3, -0.25) is 4.99 Å². The number of hydrogen-bond acceptors (Lipinski definition) is 4. The fraction of sp³-hybridized carbons (Fsp3) is 0.0250. The normalized spacial score (nSPS) is 12.5. The van der Waals surface area contributed by atoms with Gasteiger partial charge in [-0.25, -0.2) is 0 Å². The van der Waals surface area contributed by atoms with Gasteiger partial charge in [0, 0.05) is 38.9 Å². The minimum atomic E-state index is 0.546. The molecule has 2 heterocycles. The molecule has 0 bridgehead atoms. The number of rotatable bonds is 6. The molecule has 0 aliphatic rings. The third-order valence-corrected chi connectivity index (χ3v) is 8.14. The molecule has 44 heavy (non-hydrogen) atoms. The van der Waals surface area contributed by atoms with E-state index < -0.39 is 0 Å². The molecule has 4 heteroatoms. The molecule has 6 aromatic carbocycles. The van der Waals surface area contributed by atoms with Gasteiger partial charge in [0.1, 0.15) is 22.3 Å². The summed E-state index contributed by atoms with van der Waals surface area (Å²) in [5, 5.41) is 4.19. The third kappa shape index (κ3) is 4.73. The van der Waals surface area contributed by atoms with Crippen molar-refractivity contribution in [2.45, 2.75) is 6.54 Å². The Balaban J connectivity index is 1.27. The Hall–Kier alpha value is -5.87. The lowest BCUT2D eigenvalue weighted by Gasteiger charge is -2.07. The van der Waals surface area contributed by atoms with Crippen molar-refractivity contribution in [1.82, 2.24) is 0 Å². The van der Waals surface area contributed by atoms with Crippen LogP contribution in [0.3, 0.4) is 0 Å². The summed E-state index contributed by atoms with van der Waals surface area (Å²) in [5.74, 6) is 0. The topological polar surface area (TPSA) is 64.7 Å². The Kier molecular flexibility index (Phi) is 6.31. The zero-order valence-corrected chi connectivity index (χ0v) is 23.9. The number of benzene rings is 6. The van der Waals surface area contributed by atoms with E-state index in [0.29, 0.717) is 12.2 Å². The monoisotopic (exact) mass is 568 g/mol. The maximum Gasteiger partial charge on any atom is 0.139 e. The van der Waals surface area contributed by atoms with Crippen molar-refractivity contribution in [2.75, 3.05) is 0 Å². The first-order valence-corrected chi connectivity index (χ1v) is 14.7. The van der Waals surface area contributed by atoms with E-state index in [-0.39, 0.29) is 0 Å². The van der Waals surface area contributed by atoms with Crippen LogP contribution in [0.15, 0.2) is 159 Å². The Morgan fingerprint density at radius 3 is 1.82 bits per heavy atom. The molecule has 0 unspecified atom stereocenters. The molecular weight excluding hydrogens is 540 g/mol. The fourth-order valence-corrected chi connectivity index (χ4v) is 5.86. The molecule has 210 valence electrons. The van der Waals surface area contributed by atoms with E-state index in [9.17, 15) is 0 Å². The van der Waals surface area contributed by atoms with Gasteiger partial charge in [-0.1, -0.05) is 97.1 Å². The van der Waals surface area contributed by atoms with E-state index in [1.54, 1.807) is 0 Å². The highest BCUT2D eigenvalue weighted by molar-refractivity contribution is 6.18. The predicted octanol–water partition coefficient (Wildman–Crippen LogP) is 10.1. The Bertz CT molecular complexity index is 2350. The average molecular weight is 569 g/mol. The van der Waals surface area contributed by atoms with E-state index in [4.69, 9.17) is 19.6 Å². The Labute approximate surface area is 254 Å². The third-order valence-electron chi connectivity index (χ3n) is 8.14. The number of furan rings is 2. The summed E-state index contributed by atoms with van der Waals surface area (Å²) >= 11 is 0. The Morgan fingerprint density at radius 1 is 0.523 bits per heavy atom. The van der Waals surface area contributed by atoms with Gasteiger partial charge in [0.15, 0.2) is 0 Å². The molecule has 8 rings (SSSR count). The molecule has 0 aliphatic heterocycles. The first-order valence-electron chi connectivity index (χ1n) is 14.7. The van der Waals surface area contributed by atoms with Crippen LogP contribution < -0.4 is 5.73 Å². The van der Waals surface area contributed by atoms with Crippen molar-refractivity contribution >= 4 is 55.3 Å². The minimum Gasteiger partial charge on any atom is -0.456 e. The molecule has 0 aliphatic carbocycles. The van der Waals surface area contributed by atoms with Crippen LogP contribution in [0.1, 0.15) is 16.7 Å². The number of nitrogens with zero attached hydrogens (tertiary/aromatic N) is 1. The molecule has 0 amide bonds. The maximum atomic E-state index is 6.59. The first-order chi connectivity index (χ1) is 21.7. The average Bonchev–Trinajstić information content (AvgIpc) is 3.63. The van der Waals surface area contributed by atoms with Crippen molar-refractivity contribution in [3.8, 4) is 11.1 Å². The molecule has 0 spiro atoms. The van der Waals surface area contributed by atoms with E-state index >= 15 is 0 Å². The van der Waals surface area contributed by atoms with Gasteiger partial charge in [0.05, 0.1) is 12.3 Å². The molecule has 2 N–H and O–H groups in total. The SMILES string of the molecule is N/C(=C\C(=NCc1ccccc1)c1ccc2oc3cc4oc5ccc(-c6ccccc6)cc5c4cc3c2c1)c1ccccc1. The molecule has 2 aromatic heterocycles.